The summed E-state index contributed by atoms with van der Waals surface area (Å²) in [4.78, 5) is 22.7. The van der Waals surface area contributed by atoms with E-state index in [0.717, 1.165) is 12.1 Å². The molecule has 144 valence electrons. The molecule has 5 nitrogen and oxygen atoms in total. The number of aryl methyl sites for hydroxylation is 2. The lowest BCUT2D eigenvalue weighted by Gasteiger charge is -2.20. The monoisotopic (exact) mass is 389 g/mol. The van der Waals surface area contributed by atoms with Crippen molar-refractivity contribution in [2.75, 3.05) is 5.32 Å². The quantitative estimate of drug-likeness (QED) is 0.663. The normalized spacial score (nSPS) is 14.6. The highest BCUT2D eigenvalue weighted by Gasteiger charge is 2.33. The zero-order chi connectivity index (χ0) is 23.1. The van der Waals surface area contributed by atoms with Crippen molar-refractivity contribution in [3.05, 3.63) is 62.7 Å². The summed E-state index contributed by atoms with van der Waals surface area (Å²) in [5.41, 5.74) is -1.70. The number of hydrogen-bond acceptors (Lipinski definition) is 4. The first-order valence-electron chi connectivity index (χ1n) is 9.64. The first kappa shape index (κ1) is 15.7. The van der Waals surface area contributed by atoms with Crippen LogP contribution in [0.2, 0.25) is 0 Å². The van der Waals surface area contributed by atoms with Gasteiger partial charge in [0.1, 0.15) is 23.3 Å². The number of terminal acetylenes is 1. The zero-order valence-electron chi connectivity index (χ0n) is 17.9. The highest BCUT2D eigenvalue weighted by atomic mass is 19.4. The molecule has 0 amide bonds. The minimum Gasteiger partial charge on any atom is -0.352 e. The second kappa shape index (κ2) is 7.00. The summed E-state index contributed by atoms with van der Waals surface area (Å²) in [5, 5.41) is 2.86. The third-order valence-electron chi connectivity index (χ3n) is 4.25. The van der Waals surface area contributed by atoms with E-state index < -0.39 is 30.2 Å². The predicted molar refractivity (Wildman–Crippen MR) is 101 cm³/mol. The summed E-state index contributed by atoms with van der Waals surface area (Å²) < 4.78 is 63.2. The van der Waals surface area contributed by atoms with Gasteiger partial charge in [0.25, 0.3) is 0 Å². The number of alkyl halides is 3. The number of halogens is 3. The van der Waals surface area contributed by atoms with E-state index in [1.807, 2.05) is 0 Å². The van der Waals surface area contributed by atoms with Crippen molar-refractivity contribution in [3.8, 4) is 12.3 Å². The average molecular weight is 389 g/mol. The van der Waals surface area contributed by atoms with Gasteiger partial charge in [-0.1, -0.05) is 18.1 Å². The van der Waals surface area contributed by atoms with Crippen LogP contribution in [-0.4, -0.2) is 15.0 Å². The predicted octanol–water partition coefficient (Wildman–Crippen LogP) is 4.05. The van der Waals surface area contributed by atoms with E-state index >= 15 is 0 Å². The lowest BCUT2D eigenvalue weighted by atomic mass is 9.96. The van der Waals surface area contributed by atoms with Crippen LogP contribution in [0.25, 0.3) is 11.0 Å². The van der Waals surface area contributed by atoms with E-state index in [0.29, 0.717) is 0 Å². The number of H-pyrrole nitrogens is 1. The Morgan fingerprint density at radius 3 is 2.71 bits per heavy atom. The molecular weight excluding hydrogens is 369 g/mol. The number of aromatic amines is 1. The topological polar surface area (TPSA) is 70.7 Å². The van der Waals surface area contributed by atoms with Gasteiger partial charge in [-0.15, -0.1) is 6.42 Å². The molecule has 1 aromatic carbocycles. The van der Waals surface area contributed by atoms with E-state index in [-0.39, 0.29) is 39.4 Å². The number of rotatable bonds is 3. The van der Waals surface area contributed by atoms with Crippen molar-refractivity contribution >= 4 is 16.9 Å². The fraction of sp³-hybridized carbons (Fsp3) is 0.250. The molecule has 28 heavy (non-hydrogen) atoms. The van der Waals surface area contributed by atoms with Gasteiger partial charge in [0, 0.05) is 10.2 Å². The van der Waals surface area contributed by atoms with Crippen LogP contribution in [0, 0.1) is 33.0 Å². The van der Waals surface area contributed by atoms with Gasteiger partial charge >= 0.3 is 6.18 Å². The maximum atomic E-state index is 13.3. The van der Waals surface area contributed by atoms with Crippen LogP contribution in [0.5, 0.6) is 0 Å². The Morgan fingerprint density at radius 2 is 2.07 bits per heavy atom. The fourth-order valence-corrected chi connectivity index (χ4v) is 3.00. The molecule has 0 fully saturated rings. The molecule has 0 saturated heterocycles. The summed E-state index contributed by atoms with van der Waals surface area (Å²) in [6.07, 6.45) is 1.04. The van der Waals surface area contributed by atoms with Crippen LogP contribution in [-0.2, 0) is 6.18 Å². The van der Waals surface area contributed by atoms with E-state index in [1.54, 1.807) is 0 Å². The standard InChI is InChI=1S/C20H17F3N4O/c1-5-15(13-7-6-8-14(11(13)3)20(21,22)23)26-18-17-10(2)9-16(28)27-19(17)25-12(4)24-18/h1,6-9,15H,2-4H3,(H2,24,25,26,27,28)/t15-/m1/s1/i2D3. The third-order valence-corrected chi connectivity index (χ3v) is 4.25. The Kier molecular flexibility index (Phi) is 3.92. The van der Waals surface area contributed by atoms with Crippen molar-refractivity contribution in [2.45, 2.75) is 32.9 Å². The van der Waals surface area contributed by atoms with Crippen LogP contribution in [0.1, 0.15) is 38.2 Å². The first-order chi connectivity index (χ1) is 14.3. The van der Waals surface area contributed by atoms with Crippen molar-refractivity contribution in [3.63, 3.8) is 0 Å². The van der Waals surface area contributed by atoms with Crippen LogP contribution in [0.15, 0.2) is 29.1 Å². The Bertz CT molecular complexity index is 1260. The molecule has 2 aromatic heterocycles. The minimum atomic E-state index is -4.56. The third kappa shape index (κ3) is 3.56. The van der Waals surface area contributed by atoms with Crippen LogP contribution < -0.4 is 10.9 Å². The average Bonchev–Trinajstić information content (AvgIpc) is 2.63. The molecule has 1 atom stereocenters. The Morgan fingerprint density at radius 1 is 1.32 bits per heavy atom. The molecule has 0 aliphatic heterocycles. The summed E-state index contributed by atoms with van der Waals surface area (Å²) in [6.45, 7) is 0.156. The Labute approximate surface area is 163 Å². The molecular formula is C20H17F3N4O. The molecule has 0 bridgehead atoms. The molecule has 0 saturated carbocycles. The fourth-order valence-electron chi connectivity index (χ4n) is 3.00. The molecule has 0 aliphatic rings. The lowest BCUT2D eigenvalue weighted by molar-refractivity contribution is -0.138. The molecule has 2 heterocycles. The summed E-state index contributed by atoms with van der Waals surface area (Å²) in [5.74, 6) is 2.58. The van der Waals surface area contributed by atoms with Gasteiger partial charge in [0.2, 0.25) is 5.56 Å². The molecule has 2 N–H and O–H groups in total. The molecule has 0 unspecified atom stereocenters. The van der Waals surface area contributed by atoms with Crippen LogP contribution in [0.3, 0.4) is 0 Å². The first-order valence-corrected chi connectivity index (χ1v) is 8.14. The van der Waals surface area contributed by atoms with E-state index in [2.05, 4.69) is 26.2 Å². The van der Waals surface area contributed by atoms with Crippen molar-refractivity contribution in [1.82, 2.24) is 15.0 Å². The highest BCUT2D eigenvalue weighted by molar-refractivity contribution is 5.89. The molecule has 0 aliphatic carbocycles. The number of nitrogens with one attached hydrogen (secondary N) is 2. The summed E-state index contributed by atoms with van der Waals surface area (Å²) >= 11 is 0. The van der Waals surface area contributed by atoms with Gasteiger partial charge in [-0.3, -0.25) is 4.79 Å². The number of pyridine rings is 1. The summed E-state index contributed by atoms with van der Waals surface area (Å²) in [7, 11) is 0. The van der Waals surface area contributed by atoms with Gasteiger partial charge in [0.05, 0.1) is 10.9 Å². The zero-order valence-corrected chi connectivity index (χ0v) is 14.9. The number of anilines is 1. The van der Waals surface area contributed by atoms with Crippen molar-refractivity contribution in [2.24, 2.45) is 0 Å². The number of fused-ring (bicyclic) bond motifs is 1. The Hall–Kier alpha value is -3.34. The Balaban J connectivity index is 2.22. The van der Waals surface area contributed by atoms with Gasteiger partial charge in [-0.25, -0.2) is 9.97 Å². The van der Waals surface area contributed by atoms with E-state index in [4.69, 9.17) is 10.5 Å². The molecule has 8 heteroatoms. The molecule has 3 aromatic rings. The molecule has 0 spiro atoms. The number of hydrogen-bond donors (Lipinski definition) is 2. The number of nitrogens with zero attached hydrogens (tertiary/aromatic N) is 2. The summed E-state index contributed by atoms with van der Waals surface area (Å²) in [6, 6.07) is 3.50. The van der Waals surface area contributed by atoms with Gasteiger partial charge < -0.3 is 10.3 Å². The number of benzene rings is 1. The van der Waals surface area contributed by atoms with Crippen LogP contribution >= 0.6 is 0 Å². The van der Waals surface area contributed by atoms with Gasteiger partial charge in [-0.05, 0) is 43.5 Å². The smallest absolute Gasteiger partial charge is 0.352 e. The SMILES string of the molecule is [2H]C([2H])([2H])c1cc(=O)[nH]c2nc(C)nc(N[C@H](C#C)c3cccc(C(F)(F)F)c3C)c12. The second-order valence-electron chi connectivity index (χ2n) is 6.15. The molecule has 0 radical (unpaired) electrons. The van der Waals surface area contributed by atoms with Gasteiger partial charge in [-0.2, -0.15) is 13.2 Å². The number of aromatic nitrogens is 3. The van der Waals surface area contributed by atoms with E-state index in [9.17, 15) is 18.0 Å². The highest BCUT2D eigenvalue weighted by Crippen LogP contribution is 2.35. The second-order valence-corrected chi connectivity index (χ2v) is 6.15. The largest absolute Gasteiger partial charge is 0.416 e. The lowest BCUT2D eigenvalue weighted by Crippen LogP contribution is -2.16. The van der Waals surface area contributed by atoms with Crippen molar-refractivity contribution < 1.29 is 17.3 Å². The molecule has 3 rings (SSSR count). The van der Waals surface area contributed by atoms with Gasteiger partial charge in [0.15, 0.2) is 0 Å². The maximum Gasteiger partial charge on any atom is 0.416 e. The van der Waals surface area contributed by atoms with Crippen LogP contribution in [0.4, 0.5) is 19.0 Å². The van der Waals surface area contributed by atoms with Crippen molar-refractivity contribution in [1.29, 1.82) is 0 Å². The maximum absolute atomic E-state index is 13.3. The minimum absolute atomic E-state index is 0.00933. The van der Waals surface area contributed by atoms with E-state index in [1.165, 1.54) is 26.0 Å².